The second-order valence-corrected chi connectivity index (χ2v) is 6.48. The van der Waals surface area contributed by atoms with Crippen LogP contribution in [0.5, 0.6) is 0 Å². The largest absolute Gasteiger partial charge is 0.315 e. The SMILES string of the molecule is N#CC(c1cc(Br)c(Cl)s1)N1CCCNCC1. The molecule has 0 aromatic carbocycles. The average molecular weight is 335 g/mol. The van der Waals surface area contributed by atoms with Crippen molar-refractivity contribution < 1.29 is 0 Å². The molecule has 1 unspecified atom stereocenters. The van der Waals surface area contributed by atoms with Crippen molar-refractivity contribution in [2.75, 3.05) is 26.2 Å². The van der Waals surface area contributed by atoms with Crippen molar-refractivity contribution in [3.8, 4) is 6.07 Å². The lowest BCUT2D eigenvalue weighted by atomic mass is 10.2. The minimum absolute atomic E-state index is 0.177. The molecule has 1 fully saturated rings. The van der Waals surface area contributed by atoms with E-state index in [4.69, 9.17) is 11.6 Å². The van der Waals surface area contributed by atoms with E-state index in [1.165, 1.54) is 11.3 Å². The summed E-state index contributed by atoms with van der Waals surface area (Å²) in [5.41, 5.74) is 0. The Kier molecular flexibility index (Phi) is 4.83. The minimum atomic E-state index is -0.177. The monoisotopic (exact) mass is 333 g/mol. The fourth-order valence-electron chi connectivity index (χ4n) is 1.95. The molecule has 2 heterocycles. The molecule has 0 bridgehead atoms. The highest BCUT2D eigenvalue weighted by Crippen LogP contribution is 2.37. The molecule has 3 nitrogen and oxygen atoms in total. The number of halogens is 2. The van der Waals surface area contributed by atoms with Crippen LogP contribution in [-0.2, 0) is 0 Å². The number of thiophene rings is 1. The number of nitrogens with one attached hydrogen (secondary N) is 1. The minimum Gasteiger partial charge on any atom is -0.315 e. The lowest BCUT2D eigenvalue weighted by Crippen LogP contribution is -2.31. The molecule has 1 N–H and O–H groups in total. The van der Waals surface area contributed by atoms with Gasteiger partial charge in [0, 0.05) is 29.0 Å². The zero-order valence-corrected chi connectivity index (χ0v) is 12.4. The Morgan fingerprint density at radius 2 is 2.35 bits per heavy atom. The first kappa shape index (κ1) is 13.3. The van der Waals surface area contributed by atoms with Crippen molar-refractivity contribution in [2.45, 2.75) is 12.5 Å². The lowest BCUT2D eigenvalue weighted by molar-refractivity contribution is 0.255. The summed E-state index contributed by atoms with van der Waals surface area (Å²) in [5.74, 6) is 0. The first-order valence-electron chi connectivity index (χ1n) is 5.51. The normalized spacial score (nSPS) is 19.6. The van der Waals surface area contributed by atoms with E-state index in [0.29, 0.717) is 4.34 Å². The van der Waals surface area contributed by atoms with Gasteiger partial charge in [0.25, 0.3) is 0 Å². The smallest absolute Gasteiger partial charge is 0.133 e. The van der Waals surface area contributed by atoms with E-state index >= 15 is 0 Å². The van der Waals surface area contributed by atoms with Crippen molar-refractivity contribution in [1.82, 2.24) is 10.2 Å². The van der Waals surface area contributed by atoms with Crippen LogP contribution in [0.2, 0.25) is 4.34 Å². The summed E-state index contributed by atoms with van der Waals surface area (Å²) in [6.45, 7) is 3.84. The van der Waals surface area contributed by atoms with Gasteiger partial charge < -0.3 is 5.32 Å². The second kappa shape index (κ2) is 6.17. The van der Waals surface area contributed by atoms with Crippen molar-refractivity contribution >= 4 is 38.9 Å². The van der Waals surface area contributed by atoms with Crippen LogP contribution in [0.4, 0.5) is 0 Å². The van der Waals surface area contributed by atoms with E-state index in [0.717, 1.165) is 41.9 Å². The zero-order chi connectivity index (χ0) is 12.3. The highest BCUT2D eigenvalue weighted by Gasteiger charge is 2.23. The van der Waals surface area contributed by atoms with Gasteiger partial charge in [-0.25, -0.2) is 0 Å². The standard InChI is InChI=1S/C11H13BrClN3S/c12-8-6-10(17-11(8)13)9(7-14)16-4-1-2-15-3-5-16/h6,9,15H,1-5H2. The first-order valence-corrected chi connectivity index (χ1v) is 7.50. The predicted octanol–water partition coefficient (Wildman–Crippen LogP) is 3.02. The van der Waals surface area contributed by atoms with Crippen molar-refractivity contribution in [2.24, 2.45) is 0 Å². The number of nitrogens with zero attached hydrogens (tertiary/aromatic N) is 2. The van der Waals surface area contributed by atoms with E-state index in [1.807, 2.05) is 6.07 Å². The molecule has 0 amide bonds. The molecule has 1 aliphatic heterocycles. The van der Waals surface area contributed by atoms with E-state index in [1.54, 1.807) is 0 Å². The van der Waals surface area contributed by atoms with Gasteiger partial charge in [-0.05, 0) is 35.0 Å². The molecule has 0 aliphatic carbocycles. The summed E-state index contributed by atoms with van der Waals surface area (Å²) in [6.07, 6.45) is 1.08. The number of hydrogen-bond acceptors (Lipinski definition) is 4. The Hall–Kier alpha value is -0.120. The third kappa shape index (κ3) is 3.21. The van der Waals surface area contributed by atoms with Gasteiger partial charge in [-0.3, -0.25) is 4.90 Å². The molecule has 0 saturated carbocycles. The van der Waals surface area contributed by atoms with Gasteiger partial charge >= 0.3 is 0 Å². The summed E-state index contributed by atoms with van der Waals surface area (Å²) < 4.78 is 1.60. The third-order valence-electron chi connectivity index (χ3n) is 2.80. The molecule has 2 rings (SSSR count). The number of rotatable bonds is 2. The van der Waals surface area contributed by atoms with E-state index < -0.39 is 0 Å². The highest BCUT2D eigenvalue weighted by atomic mass is 79.9. The molecule has 1 aromatic heterocycles. The molecular weight excluding hydrogens is 322 g/mol. The molecule has 17 heavy (non-hydrogen) atoms. The van der Waals surface area contributed by atoms with Crippen LogP contribution in [0.15, 0.2) is 10.5 Å². The van der Waals surface area contributed by atoms with E-state index in [-0.39, 0.29) is 6.04 Å². The van der Waals surface area contributed by atoms with Crippen LogP contribution in [0, 0.1) is 11.3 Å². The fraction of sp³-hybridized carbons (Fsp3) is 0.545. The van der Waals surface area contributed by atoms with Crippen LogP contribution in [0.3, 0.4) is 0 Å². The van der Waals surface area contributed by atoms with E-state index in [2.05, 4.69) is 32.2 Å². The molecular formula is C11H13BrClN3S. The Morgan fingerprint density at radius 1 is 1.53 bits per heavy atom. The molecule has 0 radical (unpaired) electrons. The van der Waals surface area contributed by atoms with Gasteiger partial charge in [0.05, 0.1) is 6.07 Å². The third-order valence-corrected chi connectivity index (χ3v) is 5.32. The summed E-state index contributed by atoms with van der Waals surface area (Å²) in [4.78, 5) is 3.24. The zero-order valence-electron chi connectivity index (χ0n) is 9.25. The average Bonchev–Trinajstić information content (AvgIpc) is 2.56. The van der Waals surface area contributed by atoms with E-state index in [9.17, 15) is 5.26 Å². The summed E-state index contributed by atoms with van der Waals surface area (Å²) >= 11 is 10.9. The Balaban J connectivity index is 2.17. The maximum Gasteiger partial charge on any atom is 0.133 e. The summed E-state index contributed by atoms with van der Waals surface area (Å²) in [7, 11) is 0. The van der Waals surface area contributed by atoms with Gasteiger partial charge in [-0.2, -0.15) is 5.26 Å². The molecule has 92 valence electrons. The van der Waals surface area contributed by atoms with Crippen LogP contribution in [-0.4, -0.2) is 31.1 Å². The van der Waals surface area contributed by atoms with Gasteiger partial charge in [-0.1, -0.05) is 11.6 Å². The van der Waals surface area contributed by atoms with Crippen LogP contribution in [0.1, 0.15) is 17.3 Å². The Bertz CT molecular complexity index is 401. The summed E-state index contributed by atoms with van der Waals surface area (Å²) in [6, 6.07) is 4.17. The second-order valence-electron chi connectivity index (χ2n) is 3.94. The molecule has 6 heteroatoms. The van der Waals surface area contributed by atoms with Crippen LogP contribution >= 0.6 is 38.9 Å². The molecule has 1 saturated heterocycles. The first-order chi connectivity index (χ1) is 8.22. The fourth-order valence-corrected chi connectivity index (χ4v) is 3.76. The van der Waals surface area contributed by atoms with Gasteiger partial charge in [0.1, 0.15) is 10.4 Å². The van der Waals surface area contributed by atoms with Crippen LogP contribution < -0.4 is 5.32 Å². The molecule has 0 spiro atoms. The molecule has 1 atom stereocenters. The highest BCUT2D eigenvalue weighted by molar-refractivity contribution is 9.10. The summed E-state index contributed by atoms with van der Waals surface area (Å²) in [5, 5.41) is 12.7. The Morgan fingerprint density at radius 3 is 3.00 bits per heavy atom. The lowest BCUT2D eigenvalue weighted by Gasteiger charge is -2.23. The Labute approximate surface area is 118 Å². The maximum absolute atomic E-state index is 9.36. The topological polar surface area (TPSA) is 39.1 Å². The molecule has 1 aromatic rings. The maximum atomic E-state index is 9.36. The van der Waals surface area contributed by atoms with Crippen molar-refractivity contribution in [3.05, 3.63) is 19.8 Å². The van der Waals surface area contributed by atoms with Crippen LogP contribution in [0.25, 0.3) is 0 Å². The van der Waals surface area contributed by atoms with Crippen molar-refractivity contribution in [3.63, 3.8) is 0 Å². The number of hydrogen-bond donors (Lipinski definition) is 1. The van der Waals surface area contributed by atoms with Gasteiger partial charge in [-0.15, -0.1) is 11.3 Å². The number of nitriles is 1. The predicted molar refractivity (Wildman–Crippen MR) is 74.4 cm³/mol. The van der Waals surface area contributed by atoms with Gasteiger partial charge in [0.2, 0.25) is 0 Å². The van der Waals surface area contributed by atoms with Gasteiger partial charge in [0.15, 0.2) is 0 Å². The molecule has 1 aliphatic rings. The van der Waals surface area contributed by atoms with Crippen molar-refractivity contribution in [1.29, 1.82) is 5.26 Å². The quantitative estimate of drug-likeness (QED) is 0.903.